The van der Waals surface area contributed by atoms with Crippen molar-refractivity contribution in [2.24, 2.45) is 0 Å². The van der Waals surface area contributed by atoms with E-state index in [-0.39, 0.29) is 0 Å². The maximum absolute atomic E-state index is 5.89. The highest BCUT2D eigenvalue weighted by atomic mass is 16.5. The van der Waals surface area contributed by atoms with Crippen LogP contribution in [-0.2, 0) is 0 Å². The normalized spacial score (nSPS) is 9.46. The van der Waals surface area contributed by atoms with Gasteiger partial charge in [0.1, 0.15) is 0 Å². The fourth-order valence-corrected chi connectivity index (χ4v) is 2.58. The molecule has 26 heavy (non-hydrogen) atoms. The number of hydrogen-bond donors (Lipinski definition) is 0. The Hall–Kier alpha value is -3.42. The molecule has 0 amide bonds. The fraction of sp³-hybridized carbons (Fsp3) is 0.120. The van der Waals surface area contributed by atoms with E-state index in [4.69, 9.17) is 4.74 Å². The summed E-state index contributed by atoms with van der Waals surface area (Å²) < 4.78 is 5.89. The molecule has 0 atom stereocenters. The second-order valence-corrected chi connectivity index (χ2v) is 5.85. The molecule has 1 nitrogen and oxygen atoms in total. The molecule has 3 aromatic rings. The van der Waals surface area contributed by atoms with E-state index in [2.05, 4.69) is 42.7 Å². The molecule has 0 aliphatic heterocycles. The summed E-state index contributed by atoms with van der Waals surface area (Å²) in [6, 6.07) is 24.0. The minimum Gasteiger partial charge on any atom is -0.491 e. The summed E-state index contributed by atoms with van der Waals surface area (Å²) in [5.74, 6) is 13.7. The molecule has 0 aromatic heterocycles. The molecular weight excluding hydrogens is 316 g/mol. The first-order valence-electron chi connectivity index (χ1n) is 8.68. The largest absolute Gasteiger partial charge is 0.491 e. The first kappa shape index (κ1) is 17.4. The molecule has 0 bridgehead atoms. The second kappa shape index (κ2) is 8.61. The first-order chi connectivity index (χ1) is 12.8. The van der Waals surface area contributed by atoms with Crippen LogP contribution in [0.15, 0.2) is 72.8 Å². The molecule has 1 heteroatoms. The molecule has 3 rings (SSSR count). The van der Waals surface area contributed by atoms with Gasteiger partial charge < -0.3 is 4.74 Å². The average Bonchev–Trinajstić information content (AvgIpc) is 2.68. The van der Waals surface area contributed by atoms with Gasteiger partial charge >= 0.3 is 0 Å². The van der Waals surface area contributed by atoms with Crippen molar-refractivity contribution in [3.8, 4) is 29.4 Å². The molecule has 0 radical (unpaired) electrons. The van der Waals surface area contributed by atoms with Gasteiger partial charge in [-0.2, -0.15) is 0 Å². The monoisotopic (exact) mass is 336 g/mol. The quantitative estimate of drug-likeness (QED) is 0.585. The van der Waals surface area contributed by atoms with E-state index >= 15 is 0 Å². The van der Waals surface area contributed by atoms with E-state index in [1.807, 2.05) is 67.6 Å². The van der Waals surface area contributed by atoms with Gasteiger partial charge in [0.2, 0.25) is 0 Å². The van der Waals surface area contributed by atoms with Crippen molar-refractivity contribution in [2.45, 2.75) is 13.8 Å². The minimum absolute atomic E-state index is 0.573. The predicted molar refractivity (Wildman–Crippen MR) is 107 cm³/mol. The first-order valence-corrected chi connectivity index (χ1v) is 8.68. The Labute approximate surface area is 155 Å². The SMILES string of the molecule is CCOc1c(C#Cc2ccccc2)cc(C)cc1C#Cc1ccccc1. The number of aryl methyl sites for hydroxylation is 1. The summed E-state index contributed by atoms with van der Waals surface area (Å²) in [5.41, 5.74) is 4.81. The fourth-order valence-electron chi connectivity index (χ4n) is 2.58. The van der Waals surface area contributed by atoms with Crippen LogP contribution in [-0.4, -0.2) is 6.61 Å². The van der Waals surface area contributed by atoms with Gasteiger partial charge in [0.05, 0.1) is 17.7 Å². The third-order valence-corrected chi connectivity index (χ3v) is 3.75. The smallest absolute Gasteiger partial charge is 0.150 e. The summed E-state index contributed by atoms with van der Waals surface area (Å²) in [4.78, 5) is 0. The molecular formula is C25H20O. The highest BCUT2D eigenvalue weighted by Gasteiger charge is 2.08. The van der Waals surface area contributed by atoms with Crippen LogP contribution in [0.3, 0.4) is 0 Å². The minimum atomic E-state index is 0.573. The van der Waals surface area contributed by atoms with Gasteiger partial charge in [-0.05, 0) is 55.8 Å². The summed E-state index contributed by atoms with van der Waals surface area (Å²) in [5, 5.41) is 0. The van der Waals surface area contributed by atoms with E-state index in [0.717, 1.165) is 33.6 Å². The summed E-state index contributed by atoms with van der Waals surface area (Å²) in [6.45, 7) is 4.60. The summed E-state index contributed by atoms with van der Waals surface area (Å²) in [7, 11) is 0. The summed E-state index contributed by atoms with van der Waals surface area (Å²) >= 11 is 0. The maximum atomic E-state index is 5.89. The predicted octanol–water partition coefficient (Wildman–Crippen LogP) is 5.19. The Balaban J connectivity index is 2.04. The Bertz CT molecular complexity index is 915. The molecule has 3 aromatic carbocycles. The third kappa shape index (κ3) is 4.56. The van der Waals surface area contributed by atoms with Crippen LogP contribution in [0.2, 0.25) is 0 Å². The van der Waals surface area contributed by atoms with Crippen LogP contribution in [0.25, 0.3) is 0 Å². The molecule has 0 aliphatic carbocycles. The van der Waals surface area contributed by atoms with Crippen molar-refractivity contribution in [1.82, 2.24) is 0 Å². The highest BCUT2D eigenvalue weighted by molar-refractivity contribution is 5.60. The number of benzene rings is 3. The molecule has 0 fully saturated rings. The van der Waals surface area contributed by atoms with E-state index in [9.17, 15) is 0 Å². The van der Waals surface area contributed by atoms with Crippen molar-refractivity contribution in [1.29, 1.82) is 0 Å². The van der Waals surface area contributed by atoms with Gasteiger partial charge in [-0.3, -0.25) is 0 Å². The van der Waals surface area contributed by atoms with Crippen LogP contribution in [0.4, 0.5) is 0 Å². The Kier molecular flexibility index (Phi) is 5.76. The van der Waals surface area contributed by atoms with Crippen LogP contribution >= 0.6 is 0 Å². The van der Waals surface area contributed by atoms with E-state index < -0.39 is 0 Å². The summed E-state index contributed by atoms with van der Waals surface area (Å²) in [6.07, 6.45) is 0. The van der Waals surface area contributed by atoms with Gasteiger partial charge in [0.15, 0.2) is 5.75 Å². The van der Waals surface area contributed by atoms with Crippen LogP contribution < -0.4 is 4.74 Å². The van der Waals surface area contributed by atoms with Crippen molar-refractivity contribution in [3.05, 3.63) is 101 Å². The molecule has 0 spiro atoms. The van der Waals surface area contributed by atoms with Crippen LogP contribution in [0.1, 0.15) is 34.7 Å². The molecule has 0 unspecified atom stereocenters. The zero-order valence-corrected chi connectivity index (χ0v) is 15.0. The van der Waals surface area contributed by atoms with E-state index in [1.165, 1.54) is 0 Å². The lowest BCUT2D eigenvalue weighted by atomic mass is 10.0. The Morgan fingerprint density at radius 1 is 0.692 bits per heavy atom. The van der Waals surface area contributed by atoms with Crippen LogP contribution in [0, 0.1) is 30.6 Å². The van der Waals surface area contributed by atoms with Gasteiger partial charge in [-0.15, -0.1) is 0 Å². The molecule has 0 saturated heterocycles. The number of rotatable bonds is 2. The number of ether oxygens (including phenoxy) is 1. The standard InChI is InChI=1S/C25H20O/c1-3-26-25-23(16-14-21-10-6-4-7-11-21)18-20(2)19-24(25)17-15-22-12-8-5-9-13-22/h4-13,18-19H,3H2,1-2H3. The lowest BCUT2D eigenvalue weighted by Crippen LogP contribution is -1.98. The zero-order chi connectivity index (χ0) is 18.2. The van der Waals surface area contributed by atoms with Gasteiger partial charge in [-0.25, -0.2) is 0 Å². The molecule has 0 saturated carbocycles. The van der Waals surface area contributed by atoms with Crippen molar-refractivity contribution in [3.63, 3.8) is 0 Å². The van der Waals surface area contributed by atoms with E-state index in [0.29, 0.717) is 6.61 Å². The molecule has 126 valence electrons. The molecule has 0 aliphatic rings. The average molecular weight is 336 g/mol. The van der Waals surface area contributed by atoms with Crippen LogP contribution in [0.5, 0.6) is 5.75 Å². The van der Waals surface area contributed by atoms with Gasteiger partial charge in [0.25, 0.3) is 0 Å². The Morgan fingerprint density at radius 3 is 1.58 bits per heavy atom. The van der Waals surface area contributed by atoms with Gasteiger partial charge in [-0.1, -0.05) is 60.1 Å². The van der Waals surface area contributed by atoms with Crippen molar-refractivity contribution >= 4 is 0 Å². The maximum Gasteiger partial charge on any atom is 0.150 e. The molecule has 0 N–H and O–H groups in total. The van der Waals surface area contributed by atoms with Crippen molar-refractivity contribution in [2.75, 3.05) is 6.61 Å². The third-order valence-electron chi connectivity index (χ3n) is 3.75. The van der Waals surface area contributed by atoms with E-state index in [1.54, 1.807) is 0 Å². The Morgan fingerprint density at radius 2 is 1.15 bits per heavy atom. The molecule has 0 heterocycles. The lowest BCUT2D eigenvalue weighted by molar-refractivity contribution is 0.338. The zero-order valence-electron chi connectivity index (χ0n) is 15.0. The second-order valence-electron chi connectivity index (χ2n) is 5.85. The highest BCUT2D eigenvalue weighted by Crippen LogP contribution is 2.25. The number of hydrogen-bond acceptors (Lipinski definition) is 1. The topological polar surface area (TPSA) is 9.23 Å². The van der Waals surface area contributed by atoms with Gasteiger partial charge in [0, 0.05) is 11.1 Å². The lowest BCUT2D eigenvalue weighted by Gasteiger charge is -2.10. The van der Waals surface area contributed by atoms with Crippen molar-refractivity contribution < 1.29 is 4.74 Å².